The summed E-state index contributed by atoms with van der Waals surface area (Å²) in [6.45, 7) is 5.09. The Balaban J connectivity index is 2.72. The van der Waals surface area contributed by atoms with E-state index in [-0.39, 0.29) is 30.7 Å². The van der Waals surface area contributed by atoms with E-state index in [2.05, 4.69) is 15.1 Å². The summed E-state index contributed by atoms with van der Waals surface area (Å²) >= 11 is 0. The van der Waals surface area contributed by atoms with Crippen molar-refractivity contribution in [3.05, 3.63) is 35.9 Å². The first-order valence-corrected chi connectivity index (χ1v) is 11.8. The second-order valence-electron chi connectivity index (χ2n) is 9.14. The molecule has 0 saturated heterocycles. The summed E-state index contributed by atoms with van der Waals surface area (Å²) in [6.07, 6.45) is 1.98. The van der Waals surface area contributed by atoms with Crippen molar-refractivity contribution in [2.45, 2.75) is 45.1 Å². The van der Waals surface area contributed by atoms with Gasteiger partial charge in [-0.3, -0.25) is 19.7 Å². The number of carbonyl (C=O) groups excluding carboxylic acids is 3. The molecule has 0 unspecified atom stereocenters. The smallest absolute Gasteiger partial charge is 0.228 e. The highest BCUT2D eigenvalue weighted by Crippen LogP contribution is 2.16. The monoisotopic (exact) mass is 461 g/mol. The average molecular weight is 462 g/mol. The normalized spacial score (nSPS) is 13.1. The highest BCUT2D eigenvalue weighted by Gasteiger charge is 2.26. The standard InChI is InChI=1S/C25H43N5O3/c1-6-22(26)19-24(32)27-23(31)18-21(13-12-20-10-8-7-9-11-20)25(33)30(5)17-16-29(4)15-14-28(2)3/h7-11,21-22H,6,12-19,26H2,1-5H3,(H,27,31,32)/t21-,22-/m1/s1. The van der Waals surface area contributed by atoms with Crippen LogP contribution in [-0.2, 0) is 20.8 Å². The summed E-state index contributed by atoms with van der Waals surface area (Å²) in [5, 5.41) is 2.40. The molecule has 0 aliphatic carbocycles. The number of rotatable bonds is 15. The summed E-state index contributed by atoms with van der Waals surface area (Å²) in [6, 6.07) is 9.63. The van der Waals surface area contributed by atoms with Crippen LogP contribution in [0.15, 0.2) is 30.3 Å². The van der Waals surface area contributed by atoms with E-state index in [4.69, 9.17) is 5.73 Å². The molecule has 3 N–H and O–H groups in total. The van der Waals surface area contributed by atoms with Gasteiger partial charge in [-0.05, 0) is 46.0 Å². The largest absolute Gasteiger partial charge is 0.344 e. The Labute approximate surface area is 199 Å². The minimum atomic E-state index is -0.491. The molecular weight excluding hydrogens is 418 g/mol. The van der Waals surface area contributed by atoms with Gasteiger partial charge in [0.25, 0.3) is 0 Å². The van der Waals surface area contributed by atoms with E-state index in [1.165, 1.54) is 0 Å². The zero-order valence-electron chi connectivity index (χ0n) is 21.0. The number of carbonyl (C=O) groups is 3. The molecule has 1 aromatic rings. The molecule has 1 rings (SSSR count). The molecule has 3 amide bonds. The quantitative estimate of drug-likeness (QED) is 0.409. The summed E-state index contributed by atoms with van der Waals surface area (Å²) in [5.41, 5.74) is 6.92. The van der Waals surface area contributed by atoms with Gasteiger partial charge in [-0.2, -0.15) is 0 Å². The molecule has 2 atom stereocenters. The van der Waals surface area contributed by atoms with Gasteiger partial charge in [-0.15, -0.1) is 0 Å². The summed E-state index contributed by atoms with van der Waals surface area (Å²) in [4.78, 5) is 43.8. The molecule has 0 aliphatic rings. The molecule has 8 nitrogen and oxygen atoms in total. The Hall–Kier alpha value is -2.29. The molecule has 0 spiro atoms. The number of hydrogen-bond donors (Lipinski definition) is 2. The third-order valence-electron chi connectivity index (χ3n) is 5.78. The van der Waals surface area contributed by atoms with Gasteiger partial charge in [0.2, 0.25) is 17.7 Å². The number of nitrogens with zero attached hydrogens (tertiary/aromatic N) is 3. The first-order chi connectivity index (χ1) is 15.6. The lowest BCUT2D eigenvalue weighted by atomic mass is 9.94. The SMILES string of the molecule is CC[C@@H](N)CC(=O)NC(=O)C[C@@H](CCc1ccccc1)C(=O)N(C)CCN(C)CCN(C)C. The van der Waals surface area contributed by atoms with Crippen molar-refractivity contribution in [1.82, 2.24) is 20.0 Å². The second-order valence-corrected chi connectivity index (χ2v) is 9.14. The molecule has 0 heterocycles. The molecule has 0 aliphatic heterocycles. The molecule has 0 saturated carbocycles. The second kappa shape index (κ2) is 15.5. The molecule has 186 valence electrons. The van der Waals surface area contributed by atoms with Crippen LogP contribution in [0, 0.1) is 5.92 Å². The minimum absolute atomic E-state index is 0.0143. The molecule has 8 heteroatoms. The van der Waals surface area contributed by atoms with Gasteiger partial charge in [0.1, 0.15) is 0 Å². The summed E-state index contributed by atoms with van der Waals surface area (Å²) in [7, 11) is 7.88. The zero-order chi connectivity index (χ0) is 24.8. The van der Waals surface area contributed by atoms with Crippen molar-refractivity contribution in [3.8, 4) is 0 Å². The minimum Gasteiger partial charge on any atom is -0.344 e. The van der Waals surface area contributed by atoms with Gasteiger partial charge in [0.05, 0.1) is 0 Å². The van der Waals surface area contributed by atoms with Crippen LogP contribution in [0.5, 0.6) is 0 Å². The van der Waals surface area contributed by atoms with Crippen LogP contribution in [0.25, 0.3) is 0 Å². The number of hydrogen-bond acceptors (Lipinski definition) is 6. The van der Waals surface area contributed by atoms with Crippen LogP contribution in [0.1, 0.15) is 38.2 Å². The molecular formula is C25H43N5O3. The Morgan fingerprint density at radius 1 is 0.909 bits per heavy atom. The summed E-state index contributed by atoms with van der Waals surface area (Å²) < 4.78 is 0. The van der Waals surface area contributed by atoms with E-state index < -0.39 is 11.8 Å². The predicted molar refractivity (Wildman–Crippen MR) is 133 cm³/mol. The van der Waals surface area contributed by atoms with E-state index in [1.54, 1.807) is 11.9 Å². The number of imide groups is 1. The maximum Gasteiger partial charge on any atom is 0.228 e. The summed E-state index contributed by atoms with van der Waals surface area (Å²) in [5.74, 6) is -1.37. The number of benzene rings is 1. The van der Waals surface area contributed by atoms with Crippen LogP contribution < -0.4 is 11.1 Å². The predicted octanol–water partition coefficient (Wildman–Crippen LogP) is 1.35. The van der Waals surface area contributed by atoms with Gasteiger partial charge in [0, 0.05) is 58.0 Å². The molecule has 0 fully saturated rings. The molecule has 0 bridgehead atoms. The van der Waals surface area contributed by atoms with E-state index in [1.807, 2.05) is 58.4 Å². The fourth-order valence-corrected chi connectivity index (χ4v) is 3.39. The van der Waals surface area contributed by atoms with Crippen molar-refractivity contribution in [1.29, 1.82) is 0 Å². The fourth-order valence-electron chi connectivity index (χ4n) is 3.39. The van der Waals surface area contributed by atoms with Crippen molar-refractivity contribution >= 4 is 17.7 Å². The Bertz CT molecular complexity index is 726. The van der Waals surface area contributed by atoms with E-state index >= 15 is 0 Å². The lowest BCUT2D eigenvalue weighted by molar-refractivity contribution is -0.139. The van der Waals surface area contributed by atoms with Gasteiger partial charge < -0.3 is 20.4 Å². The van der Waals surface area contributed by atoms with Crippen molar-refractivity contribution in [3.63, 3.8) is 0 Å². The third kappa shape index (κ3) is 12.5. The lowest BCUT2D eigenvalue weighted by Gasteiger charge is -2.26. The van der Waals surface area contributed by atoms with Gasteiger partial charge in [-0.25, -0.2) is 0 Å². The van der Waals surface area contributed by atoms with Crippen LogP contribution >= 0.6 is 0 Å². The van der Waals surface area contributed by atoms with Crippen LogP contribution in [0.2, 0.25) is 0 Å². The third-order valence-corrected chi connectivity index (χ3v) is 5.78. The molecule has 33 heavy (non-hydrogen) atoms. The first kappa shape index (κ1) is 28.7. The highest BCUT2D eigenvalue weighted by atomic mass is 16.2. The Morgan fingerprint density at radius 2 is 1.52 bits per heavy atom. The van der Waals surface area contributed by atoms with Gasteiger partial charge >= 0.3 is 0 Å². The van der Waals surface area contributed by atoms with Gasteiger partial charge in [-0.1, -0.05) is 37.3 Å². The Morgan fingerprint density at radius 3 is 2.12 bits per heavy atom. The fraction of sp³-hybridized carbons (Fsp3) is 0.640. The van der Waals surface area contributed by atoms with Crippen LogP contribution in [-0.4, -0.2) is 92.8 Å². The lowest BCUT2D eigenvalue weighted by Crippen LogP contribution is -2.42. The molecule has 0 aromatic heterocycles. The van der Waals surface area contributed by atoms with Gasteiger partial charge in [0.15, 0.2) is 0 Å². The van der Waals surface area contributed by atoms with E-state index in [0.717, 1.165) is 25.2 Å². The highest BCUT2D eigenvalue weighted by molar-refractivity contribution is 5.97. The Kier molecular flexibility index (Phi) is 13.5. The van der Waals surface area contributed by atoms with Crippen molar-refractivity contribution in [2.75, 3.05) is 54.4 Å². The van der Waals surface area contributed by atoms with Crippen LogP contribution in [0.4, 0.5) is 0 Å². The number of aryl methyl sites for hydroxylation is 1. The van der Waals surface area contributed by atoms with Crippen LogP contribution in [0.3, 0.4) is 0 Å². The average Bonchev–Trinajstić information content (AvgIpc) is 2.78. The topological polar surface area (TPSA) is 99.0 Å². The van der Waals surface area contributed by atoms with E-state index in [0.29, 0.717) is 25.8 Å². The molecule has 0 radical (unpaired) electrons. The number of nitrogens with one attached hydrogen (secondary N) is 1. The van der Waals surface area contributed by atoms with E-state index in [9.17, 15) is 14.4 Å². The maximum absolute atomic E-state index is 13.2. The zero-order valence-corrected chi connectivity index (χ0v) is 21.0. The van der Waals surface area contributed by atoms with Crippen molar-refractivity contribution in [2.24, 2.45) is 11.7 Å². The first-order valence-electron chi connectivity index (χ1n) is 11.8. The number of nitrogens with two attached hydrogens (primary N) is 1. The van der Waals surface area contributed by atoms with Crippen molar-refractivity contribution < 1.29 is 14.4 Å². The maximum atomic E-state index is 13.2. The molecule has 1 aromatic carbocycles. The number of amides is 3. The number of likely N-dealkylation sites (N-methyl/N-ethyl adjacent to an activating group) is 3.